The Morgan fingerprint density at radius 1 is 1.27 bits per heavy atom. The summed E-state index contributed by atoms with van der Waals surface area (Å²) in [4.78, 5) is 0. The minimum absolute atomic E-state index is 0.135. The molecular formula is C14H13ClFNO3S2. The lowest BCUT2D eigenvalue weighted by atomic mass is 10.2. The van der Waals surface area contributed by atoms with Gasteiger partial charge in [0.25, 0.3) is 10.0 Å². The SMILES string of the molecule is O=S(=O)(c1ccc(Cl)s1)N1CC(OCc2ccccc2F)C1. The van der Waals surface area contributed by atoms with Crippen LogP contribution in [0.15, 0.2) is 40.6 Å². The first-order chi connectivity index (χ1) is 10.5. The van der Waals surface area contributed by atoms with Gasteiger partial charge in [-0.3, -0.25) is 0 Å². The highest BCUT2D eigenvalue weighted by Crippen LogP contribution is 2.31. The van der Waals surface area contributed by atoms with Crippen molar-refractivity contribution in [2.45, 2.75) is 16.9 Å². The van der Waals surface area contributed by atoms with Crippen molar-refractivity contribution in [1.82, 2.24) is 4.31 Å². The molecule has 1 aromatic heterocycles. The van der Waals surface area contributed by atoms with Crippen LogP contribution in [0.25, 0.3) is 0 Å². The zero-order chi connectivity index (χ0) is 15.7. The summed E-state index contributed by atoms with van der Waals surface area (Å²) in [7, 11) is -3.49. The smallest absolute Gasteiger partial charge is 0.252 e. The van der Waals surface area contributed by atoms with Gasteiger partial charge in [-0.05, 0) is 18.2 Å². The molecule has 1 aliphatic rings. The summed E-state index contributed by atoms with van der Waals surface area (Å²) in [5.41, 5.74) is 0.467. The summed E-state index contributed by atoms with van der Waals surface area (Å²) in [6, 6.07) is 9.43. The second-order valence-electron chi connectivity index (χ2n) is 4.90. The number of ether oxygens (including phenoxy) is 1. The normalized spacial score (nSPS) is 16.6. The van der Waals surface area contributed by atoms with Crippen LogP contribution in [-0.2, 0) is 21.4 Å². The van der Waals surface area contributed by atoms with E-state index in [0.29, 0.717) is 9.90 Å². The Bertz CT molecular complexity index is 772. The van der Waals surface area contributed by atoms with E-state index in [9.17, 15) is 12.8 Å². The van der Waals surface area contributed by atoms with Crippen LogP contribution in [0.4, 0.5) is 4.39 Å². The van der Waals surface area contributed by atoms with E-state index < -0.39 is 10.0 Å². The average molecular weight is 362 g/mol. The molecule has 1 aromatic carbocycles. The maximum atomic E-state index is 13.5. The summed E-state index contributed by atoms with van der Waals surface area (Å²) in [5, 5.41) is 0. The van der Waals surface area contributed by atoms with Crippen LogP contribution in [0, 0.1) is 5.82 Å². The molecule has 22 heavy (non-hydrogen) atoms. The standard InChI is InChI=1S/C14H13ClFNO3S2/c15-13-5-6-14(21-13)22(18,19)17-7-11(8-17)20-9-10-3-1-2-4-12(10)16/h1-6,11H,7-9H2. The largest absolute Gasteiger partial charge is 0.371 e. The number of thiophene rings is 1. The van der Waals surface area contributed by atoms with Crippen LogP contribution in [0.2, 0.25) is 4.34 Å². The average Bonchev–Trinajstić information content (AvgIpc) is 2.86. The van der Waals surface area contributed by atoms with Crippen LogP contribution in [0.5, 0.6) is 0 Å². The van der Waals surface area contributed by atoms with E-state index in [-0.39, 0.29) is 35.8 Å². The molecule has 0 unspecified atom stereocenters. The number of benzene rings is 1. The van der Waals surface area contributed by atoms with Gasteiger partial charge in [0.2, 0.25) is 0 Å². The first kappa shape index (κ1) is 15.9. The molecule has 4 nitrogen and oxygen atoms in total. The predicted molar refractivity (Wildman–Crippen MR) is 83.1 cm³/mol. The van der Waals surface area contributed by atoms with Gasteiger partial charge in [-0.15, -0.1) is 11.3 Å². The quantitative estimate of drug-likeness (QED) is 0.822. The van der Waals surface area contributed by atoms with E-state index in [1.165, 1.54) is 16.4 Å². The fourth-order valence-electron chi connectivity index (χ4n) is 2.09. The molecule has 0 amide bonds. The monoisotopic (exact) mass is 361 g/mol. The Morgan fingerprint density at radius 3 is 2.64 bits per heavy atom. The number of hydrogen-bond donors (Lipinski definition) is 0. The minimum Gasteiger partial charge on any atom is -0.371 e. The van der Waals surface area contributed by atoms with Crippen molar-refractivity contribution in [3.63, 3.8) is 0 Å². The van der Waals surface area contributed by atoms with Gasteiger partial charge in [-0.25, -0.2) is 12.8 Å². The molecule has 0 saturated carbocycles. The number of hydrogen-bond acceptors (Lipinski definition) is 4. The Hall–Kier alpha value is -0.990. The molecule has 8 heteroatoms. The van der Waals surface area contributed by atoms with Crippen molar-refractivity contribution in [3.8, 4) is 0 Å². The second kappa shape index (κ2) is 6.25. The van der Waals surface area contributed by atoms with Crippen LogP contribution < -0.4 is 0 Å². The molecule has 1 saturated heterocycles. The van der Waals surface area contributed by atoms with Crippen molar-refractivity contribution in [2.75, 3.05) is 13.1 Å². The van der Waals surface area contributed by atoms with Gasteiger partial charge in [0.15, 0.2) is 0 Å². The third-order valence-electron chi connectivity index (χ3n) is 3.39. The third-order valence-corrected chi connectivity index (χ3v) is 6.92. The molecule has 118 valence electrons. The molecule has 0 atom stereocenters. The van der Waals surface area contributed by atoms with Crippen LogP contribution >= 0.6 is 22.9 Å². The first-order valence-corrected chi connectivity index (χ1v) is 9.21. The summed E-state index contributed by atoms with van der Waals surface area (Å²) >= 11 is 6.80. The van der Waals surface area contributed by atoms with E-state index in [1.54, 1.807) is 24.3 Å². The molecule has 2 aromatic rings. The van der Waals surface area contributed by atoms with Gasteiger partial charge in [0, 0.05) is 18.7 Å². The minimum atomic E-state index is -3.49. The summed E-state index contributed by atoms with van der Waals surface area (Å²) < 4.78 is 45.5. The van der Waals surface area contributed by atoms with Crippen molar-refractivity contribution in [2.24, 2.45) is 0 Å². The van der Waals surface area contributed by atoms with Gasteiger partial charge in [-0.2, -0.15) is 4.31 Å². The molecule has 0 bridgehead atoms. The van der Waals surface area contributed by atoms with Gasteiger partial charge < -0.3 is 4.74 Å². The molecule has 1 aliphatic heterocycles. The number of halogens is 2. The predicted octanol–water partition coefficient (Wildman–Crippen LogP) is 3.13. The van der Waals surface area contributed by atoms with Gasteiger partial charge in [0.05, 0.1) is 17.0 Å². The van der Waals surface area contributed by atoms with E-state index in [2.05, 4.69) is 0 Å². The van der Waals surface area contributed by atoms with Crippen molar-refractivity contribution in [1.29, 1.82) is 0 Å². The maximum Gasteiger partial charge on any atom is 0.252 e. The second-order valence-corrected chi connectivity index (χ2v) is 8.78. The zero-order valence-electron chi connectivity index (χ0n) is 11.4. The summed E-state index contributed by atoms with van der Waals surface area (Å²) in [6.07, 6.45) is -0.218. The van der Waals surface area contributed by atoms with E-state index in [0.717, 1.165) is 11.3 Å². The maximum absolute atomic E-state index is 13.5. The van der Waals surface area contributed by atoms with Crippen molar-refractivity contribution in [3.05, 3.63) is 52.1 Å². The first-order valence-electron chi connectivity index (χ1n) is 6.57. The lowest BCUT2D eigenvalue weighted by Gasteiger charge is -2.37. The van der Waals surface area contributed by atoms with Crippen molar-refractivity contribution < 1.29 is 17.5 Å². The van der Waals surface area contributed by atoms with Crippen molar-refractivity contribution >= 4 is 33.0 Å². The Kier molecular flexibility index (Phi) is 4.52. The number of nitrogens with zero attached hydrogens (tertiary/aromatic N) is 1. The molecule has 0 radical (unpaired) electrons. The van der Waals surface area contributed by atoms with E-state index in [4.69, 9.17) is 16.3 Å². The molecule has 0 aliphatic carbocycles. The van der Waals surface area contributed by atoms with Crippen LogP contribution in [0.3, 0.4) is 0 Å². The Morgan fingerprint density at radius 2 is 2.00 bits per heavy atom. The highest BCUT2D eigenvalue weighted by molar-refractivity contribution is 7.91. The molecule has 1 fully saturated rings. The van der Waals surface area contributed by atoms with Gasteiger partial charge >= 0.3 is 0 Å². The molecule has 0 N–H and O–H groups in total. The lowest BCUT2D eigenvalue weighted by molar-refractivity contribution is -0.0304. The van der Waals surface area contributed by atoms with E-state index >= 15 is 0 Å². The fraction of sp³-hybridized carbons (Fsp3) is 0.286. The van der Waals surface area contributed by atoms with Crippen LogP contribution in [-0.4, -0.2) is 31.9 Å². The van der Waals surface area contributed by atoms with Gasteiger partial charge in [0.1, 0.15) is 10.0 Å². The van der Waals surface area contributed by atoms with Gasteiger partial charge in [-0.1, -0.05) is 29.8 Å². The summed E-state index contributed by atoms with van der Waals surface area (Å²) in [5.74, 6) is -0.320. The number of sulfonamides is 1. The Balaban J connectivity index is 1.55. The van der Waals surface area contributed by atoms with Crippen LogP contribution in [0.1, 0.15) is 5.56 Å². The topological polar surface area (TPSA) is 46.6 Å². The molecular weight excluding hydrogens is 349 g/mol. The fourth-order valence-corrected chi connectivity index (χ4v) is 5.23. The number of rotatable bonds is 5. The highest BCUT2D eigenvalue weighted by atomic mass is 35.5. The third kappa shape index (κ3) is 3.18. The Labute approximate surface area is 137 Å². The molecule has 2 heterocycles. The van der Waals surface area contributed by atoms with E-state index in [1.807, 2.05) is 0 Å². The molecule has 0 spiro atoms. The summed E-state index contributed by atoms with van der Waals surface area (Å²) in [6.45, 7) is 0.675. The highest BCUT2D eigenvalue weighted by Gasteiger charge is 2.38. The zero-order valence-corrected chi connectivity index (χ0v) is 13.8. The molecule has 3 rings (SSSR count). The lowest BCUT2D eigenvalue weighted by Crippen LogP contribution is -2.54.